The predicted octanol–water partition coefficient (Wildman–Crippen LogP) is 3.05. The van der Waals surface area contributed by atoms with Gasteiger partial charge in [-0.15, -0.1) is 0 Å². The van der Waals surface area contributed by atoms with Crippen molar-refractivity contribution in [2.75, 3.05) is 6.54 Å². The van der Waals surface area contributed by atoms with Gasteiger partial charge in [-0.2, -0.15) is 0 Å². The molecule has 3 atom stereocenters. The van der Waals surface area contributed by atoms with E-state index in [4.69, 9.17) is 0 Å². The number of hydrogen-bond donors (Lipinski definition) is 1. The van der Waals surface area contributed by atoms with E-state index in [1.54, 1.807) is 0 Å². The van der Waals surface area contributed by atoms with E-state index in [0.29, 0.717) is 11.5 Å². The van der Waals surface area contributed by atoms with Crippen molar-refractivity contribution in [3.8, 4) is 0 Å². The Morgan fingerprint density at radius 2 is 1.94 bits per heavy atom. The van der Waals surface area contributed by atoms with Crippen LogP contribution in [-0.4, -0.2) is 34.7 Å². The third-order valence-corrected chi connectivity index (χ3v) is 5.03. The standard InChI is InChI=1S/C15H29NO/c1-11(2)13-6-5-9-16(13)14-10-12(17)7-8-15(14,3)4/h11-14,17H,5-10H2,1-4H3. The van der Waals surface area contributed by atoms with Gasteiger partial charge in [-0.25, -0.2) is 0 Å². The maximum Gasteiger partial charge on any atom is 0.0555 e. The van der Waals surface area contributed by atoms with Crippen LogP contribution < -0.4 is 0 Å². The largest absolute Gasteiger partial charge is 0.393 e. The van der Waals surface area contributed by atoms with Crippen LogP contribution >= 0.6 is 0 Å². The second kappa shape index (κ2) is 4.89. The van der Waals surface area contributed by atoms with Crippen molar-refractivity contribution in [1.29, 1.82) is 0 Å². The van der Waals surface area contributed by atoms with Gasteiger partial charge in [0.25, 0.3) is 0 Å². The Hall–Kier alpha value is -0.0800. The highest BCUT2D eigenvalue weighted by Crippen LogP contribution is 2.42. The fourth-order valence-corrected chi connectivity index (χ4v) is 3.90. The first-order valence-corrected chi connectivity index (χ1v) is 7.35. The summed E-state index contributed by atoms with van der Waals surface area (Å²) in [4.78, 5) is 2.72. The number of aliphatic hydroxyl groups excluding tert-OH is 1. The summed E-state index contributed by atoms with van der Waals surface area (Å²) in [5, 5.41) is 9.97. The van der Waals surface area contributed by atoms with Gasteiger partial charge in [0.2, 0.25) is 0 Å². The maximum absolute atomic E-state index is 9.97. The minimum atomic E-state index is -0.0681. The lowest BCUT2D eigenvalue weighted by Crippen LogP contribution is -2.52. The topological polar surface area (TPSA) is 23.5 Å². The summed E-state index contributed by atoms with van der Waals surface area (Å²) in [7, 11) is 0. The zero-order chi connectivity index (χ0) is 12.6. The second-order valence-electron chi connectivity index (χ2n) is 7.12. The van der Waals surface area contributed by atoms with E-state index >= 15 is 0 Å². The third-order valence-electron chi connectivity index (χ3n) is 5.03. The molecule has 1 N–H and O–H groups in total. The number of nitrogens with zero attached hydrogens (tertiary/aromatic N) is 1. The second-order valence-corrected chi connectivity index (χ2v) is 7.12. The maximum atomic E-state index is 9.97. The summed E-state index contributed by atoms with van der Waals surface area (Å²) in [6.07, 6.45) is 5.76. The number of hydrogen-bond acceptors (Lipinski definition) is 2. The average molecular weight is 239 g/mol. The Kier molecular flexibility index (Phi) is 3.84. The third kappa shape index (κ3) is 2.68. The van der Waals surface area contributed by atoms with E-state index in [-0.39, 0.29) is 6.10 Å². The smallest absolute Gasteiger partial charge is 0.0555 e. The highest BCUT2D eigenvalue weighted by molar-refractivity contribution is 4.97. The molecule has 0 amide bonds. The SMILES string of the molecule is CC(C)C1CCCN1C1CC(O)CCC1(C)C. The van der Waals surface area contributed by atoms with Crippen LogP contribution in [-0.2, 0) is 0 Å². The van der Waals surface area contributed by atoms with Gasteiger partial charge in [-0.1, -0.05) is 27.7 Å². The quantitative estimate of drug-likeness (QED) is 0.800. The molecule has 100 valence electrons. The molecule has 1 heterocycles. The Labute approximate surface area is 106 Å². The van der Waals surface area contributed by atoms with E-state index in [1.807, 2.05) is 0 Å². The zero-order valence-corrected chi connectivity index (χ0v) is 11.9. The Balaban J connectivity index is 2.13. The average Bonchev–Trinajstić information content (AvgIpc) is 2.70. The molecule has 2 heteroatoms. The normalized spacial score (nSPS) is 38.8. The minimum absolute atomic E-state index is 0.0681. The van der Waals surface area contributed by atoms with Crippen LogP contribution in [0.25, 0.3) is 0 Å². The summed E-state index contributed by atoms with van der Waals surface area (Å²) in [5.74, 6) is 0.743. The van der Waals surface area contributed by atoms with Gasteiger partial charge in [-0.3, -0.25) is 4.90 Å². The van der Waals surface area contributed by atoms with Crippen molar-refractivity contribution in [3.05, 3.63) is 0 Å². The van der Waals surface area contributed by atoms with Crippen molar-refractivity contribution in [3.63, 3.8) is 0 Å². The van der Waals surface area contributed by atoms with Crippen molar-refractivity contribution in [2.45, 2.75) is 78.0 Å². The molecule has 17 heavy (non-hydrogen) atoms. The molecule has 2 nitrogen and oxygen atoms in total. The zero-order valence-electron chi connectivity index (χ0n) is 11.9. The molecule has 2 fully saturated rings. The summed E-state index contributed by atoms with van der Waals surface area (Å²) in [6, 6.07) is 1.32. The Morgan fingerprint density at radius 1 is 1.24 bits per heavy atom. The molecule has 1 aliphatic heterocycles. The molecular weight excluding hydrogens is 210 g/mol. The Morgan fingerprint density at radius 3 is 2.59 bits per heavy atom. The molecule has 2 rings (SSSR count). The monoisotopic (exact) mass is 239 g/mol. The van der Waals surface area contributed by atoms with E-state index in [1.165, 1.54) is 25.8 Å². The minimum Gasteiger partial charge on any atom is -0.393 e. The fourth-order valence-electron chi connectivity index (χ4n) is 3.90. The molecule has 2 aliphatic rings. The number of aliphatic hydroxyl groups is 1. The first-order chi connectivity index (χ1) is 7.92. The lowest BCUT2D eigenvalue weighted by molar-refractivity contribution is -0.0234. The van der Waals surface area contributed by atoms with Crippen LogP contribution in [0, 0.1) is 11.3 Å². The van der Waals surface area contributed by atoms with Gasteiger partial charge in [0, 0.05) is 12.1 Å². The van der Waals surface area contributed by atoms with E-state index in [9.17, 15) is 5.11 Å². The van der Waals surface area contributed by atoms with E-state index in [2.05, 4.69) is 32.6 Å². The highest BCUT2D eigenvalue weighted by Gasteiger charge is 2.43. The fraction of sp³-hybridized carbons (Fsp3) is 1.00. The molecule has 0 bridgehead atoms. The summed E-state index contributed by atoms with van der Waals surface area (Å²) in [5.41, 5.74) is 0.372. The van der Waals surface area contributed by atoms with Crippen LogP contribution in [0.5, 0.6) is 0 Å². The molecule has 3 unspecified atom stereocenters. The molecule has 0 aromatic carbocycles. The first-order valence-electron chi connectivity index (χ1n) is 7.35. The van der Waals surface area contributed by atoms with Crippen LogP contribution in [0.4, 0.5) is 0 Å². The van der Waals surface area contributed by atoms with Crippen molar-refractivity contribution in [2.24, 2.45) is 11.3 Å². The Bertz CT molecular complexity index is 262. The molecule has 1 saturated heterocycles. The summed E-state index contributed by atoms with van der Waals surface area (Å²) < 4.78 is 0. The molecule has 1 aliphatic carbocycles. The van der Waals surface area contributed by atoms with E-state index < -0.39 is 0 Å². The summed E-state index contributed by atoms with van der Waals surface area (Å²) >= 11 is 0. The van der Waals surface area contributed by atoms with Gasteiger partial charge < -0.3 is 5.11 Å². The van der Waals surface area contributed by atoms with Crippen LogP contribution in [0.1, 0.15) is 59.8 Å². The van der Waals surface area contributed by atoms with Crippen LogP contribution in [0.2, 0.25) is 0 Å². The number of likely N-dealkylation sites (tertiary alicyclic amines) is 1. The molecule has 0 aromatic rings. The molecule has 0 aromatic heterocycles. The first kappa shape index (κ1) is 13.4. The molecule has 1 saturated carbocycles. The summed E-state index contributed by atoms with van der Waals surface area (Å²) in [6.45, 7) is 10.7. The van der Waals surface area contributed by atoms with Crippen molar-refractivity contribution in [1.82, 2.24) is 4.90 Å². The van der Waals surface area contributed by atoms with Crippen LogP contribution in [0.3, 0.4) is 0 Å². The van der Waals surface area contributed by atoms with Gasteiger partial charge in [-0.05, 0) is 50.0 Å². The van der Waals surface area contributed by atoms with Crippen LogP contribution in [0.15, 0.2) is 0 Å². The van der Waals surface area contributed by atoms with Gasteiger partial charge in [0.05, 0.1) is 6.10 Å². The van der Waals surface area contributed by atoms with Gasteiger partial charge in [0.1, 0.15) is 0 Å². The van der Waals surface area contributed by atoms with Gasteiger partial charge in [0.15, 0.2) is 0 Å². The number of rotatable bonds is 2. The lowest BCUT2D eigenvalue weighted by atomic mass is 9.71. The van der Waals surface area contributed by atoms with Gasteiger partial charge >= 0.3 is 0 Å². The molecular formula is C15H29NO. The van der Waals surface area contributed by atoms with E-state index in [0.717, 1.165) is 24.8 Å². The predicted molar refractivity (Wildman–Crippen MR) is 72.0 cm³/mol. The van der Waals surface area contributed by atoms with Crippen molar-refractivity contribution < 1.29 is 5.11 Å². The lowest BCUT2D eigenvalue weighted by Gasteiger charge is -2.48. The van der Waals surface area contributed by atoms with Crippen molar-refractivity contribution >= 4 is 0 Å². The molecule has 0 spiro atoms. The highest BCUT2D eigenvalue weighted by atomic mass is 16.3. The molecule has 0 radical (unpaired) electrons.